The molecular formula is C8H18N2O. The molecule has 0 spiro atoms. The SMILES string of the molecule is CCO[C@H]1CN(CC)C[C@@H]1N. The van der Waals surface area contributed by atoms with Crippen LogP contribution in [-0.2, 0) is 4.74 Å². The number of likely N-dealkylation sites (N-methyl/N-ethyl adjacent to an activating group) is 1. The first-order valence-corrected chi connectivity index (χ1v) is 4.37. The van der Waals surface area contributed by atoms with Gasteiger partial charge in [0, 0.05) is 25.7 Å². The molecule has 1 aliphatic heterocycles. The molecule has 2 N–H and O–H groups in total. The maximum Gasteiger partial charge on any atom is 0.0864 e. The number of hydrogen-bond acceptors (Lipinski definition) is 3. The van der Waals surface area contributed by atoms with E-state index < -0.39 is 0 Å². The van der Waals surface area contributed by atoms with Gasteiger partial charge in [0.2, 0.25) is 0 Å². The van der Waals surface area contributed by atoms with Crippen molar-refractivity contribution in [1.29, 1.82) is 0 Å². The van der Waals surface area contributed by atoms with Gasteiger partial charge in [0.15, 0.2) is 0 Å². The standard InChI is InChI=1S/C8H18N2O/c1-3-10-5-7(9)8(6-10)11-4-2/h7-8H,3-6,9H2,1-2H3/t7-,8-/m0/s1. The van der Waals surface area contributed by atoms with Gasteiger partial charge in [0.05, 0.1) is 6.10 Å². The molecule has 0 aromatic rings. The molecule has 3 nitrogen and oxygen atoms in total. The van der Waals surface area contributed by atoms with Crippen molar-refractivity contribution in [2.24, 2.45) is 5.73 Å². The van der Waals surface area contributed by atoms with Crippen LogP contribution >= 0.6 is 0 Å². The fraction of sp³-hybridized carbons (Fsp3) is 1.00. The number of rotatable bonds is 3. The van der Waals surface area contributed by atoms with Gasteiger partial charge in [0.25, 0.3) is 0 Å². The fourth-order valence-corrected chi connectivity index (χ4v) is 1.53. The third-order valence-corrected chi connectivity index (χ3v) is 2.21. The van der Waals surface area contributed by atoms with Gasteiger partial charge in [0.1, 0.15) is 0 Å². The molecule has 3 heteroatoms. The Morgan fingerprint density at radius 1 is 1.45 bits per heavy atom. The fourth-order valence-electron chi connectivity index (χ4n) is 1.53. The Morgan fingerprint density at radius 3 is 2.64 bits per heavy atom. The minimum atomic E-state index is 0.217. The molecule has 0 bridgehead atoms. The van der Waals surface area contributed by atoms with E-state index in [1.54, 1.807) is 0 Å². The minimum Gasteiger partial charge on any atom is -0.376 e. The first kappa shape index (κ1) is 8.97. The highest BCUT2D eigenvalue weighted by molar-refractivity contribution is 4.87. The molecule has 1 aliphatic rings. The van der Waals surface area contributed by atoms with Crippen molar-refractivity contribution in [2.75, 3.05) is 26.2 Å². The number of ether oxygens (including phenoxy) is 1. The Balaban J connectivity index is 2.32. The van der Waals surface area contributed by atoms with Gasteiger partial charge in [-0.15, -0.1) is 0 Å². The van der Waals surface area contributed by atoms with Crippen molar-refractivity contribution in [3.05, 3.63) is 0 Å². The highest BCUT2D eigenvalue weighted by Gasteiger charge is 2.28. The molecule has 0 amide bonds. The van der Waals surface area contributed by atoms with Gasteiger partial charge in [-0.2, -0.15) is 0 Å². The second-order valence-corrected chi connectivity index (χ2v) is 3.01. The van der Waals surface area contributed by atoms with Crippen molar-refractivity contribution in [2.45, 2.75) is 26.0 Å². The van der Waals surface area contributed by atoms with Gasteiger partial charge in [-0.1, -0.05) is 6.92 Å². The molecule has 0 aliphatic carbocycles. The molecule has 1 fully saturated rings. The first-order chi connectivity index (χ1) is 5.27. The third kappa shape index (κ3) is 2.15. The topological polar surface area (TPSA) is 38.5 Å². The largest absolute Gasteiger partial charge is 0.376 e. The Hall–Kier alpha value is -0.120. The van der Waals surface area contributed by atoms with Crippen LogP contribution in [0.4, 0.5) is 0 Å². The highest BCUT2D eigenvalue weighted by Crippen LogP contribution is 2.10. The van der Waals surface area contributed by atoms with E-state index in [1.807, 2.05) is 6.92 Å². The number of nitrogens with two attached hydrogens (primary N) is 1. The van der Waals surface area contributed by atoms with Crippen LogP contribution in [0.5, 0.6) is 0 Å². The normalized spacial score (nSPS) is 33.0. The van der Waals surface area contributed by atoms with Crippen LogP contribution in [0.15, 0.2) is 0 Å². The number of nitrogens with zero attached hydrogens (tertiary/aromatic N) is 1. The van der Waals surface area contributed by atoms with E-state index >= 15 is 0 Å². The molecule has 0 unspecified atom stereocenters. The molecule has 11 heavy (non-hydrogen) atoms. The maximum atomic E-state index is 5.86. The van der Waals surface area contributed by atoms with E-state index in [2.05, 4.69) is 11.8 Å². The summed E-state index contributed by atoms with van der Waals surface area (Å²) in [5.41, 5.74) is 5.86. The maximum absolute atomic E-state index is 5.86. The van der Waals surface area contributed by atoms with Crippen LogP contribution in [0, 0.1) is 0 Å². The molecule has 66 valence electrons. The van der Waals surface area contributed by atoms with Crippen molar-refractivity contribution in [3.8, 4) is 0 Å². The van der Waals surface area contributed by atoms with E-state index in [-0.39, 0.29) is 12.1 Å². The molecule has 0 saturated carbocycles. The van der Waals surface area contributed by atoms with Gasteiger partial charge in [-0.3, -0.25) is 4.90 Å². The van der Waals surface area contributed by atoms with Crippen molar-refractivity contribution >= 4 is 0 Å². The molecule has 0 aromatic heterocycles. The van der Waals surface area contributed by atoms with Gasteiger partial charge < -0.3 is 10.5 Å². The Morgan fingerprint density at radius 2 is 2.18 bits per heavy atom. The van der Waals surface area contributed by atoms with Crippen LogP contribution in [0.2, 0.25) is 0 Å². The van der Waals surface area contributed by atoms with E-state index in [1.165, 1.54) is 0 Å². The second-order valence-electron chi connectivity index (χ2n) is 3.01. The molecular weight excluding hydrogens is 140 g/mol. The van der Waals surface area contributed by atoms with Crippen LogP contribution < -0.4 is 5.73 Å². The first-order valence-electron chi connectivity index (χ1n) is 4.37. The van der Waals surface area contributed by atoms with Crippen molar-refractivity contribution in [3.63, 3.8) is 0 Å². The molecule has 0 aromatic carbocycles. The second kappa shape index (κ2) is 4.04. The van der Waals surface area contributed by atoms with E-state index in [0.29, 0.717) is 0 Å². The third-order valence-electron chi connectivity index (χ3n) is 2.21. The quantitative estimate of drug-likeness (QED) is 0.631. The average Bonchev–Trinajstić information content (AvgIpc) is 2.33. The van der Waals surface area contributed by atoms with E-state index in [0.717, 1.165) is 26.2 Å². The lowest BCUT2D eigenvalue weighted by Crippen LogP contribution is -2.35. The Labute approximate surface area is 68.5 Å². The number of hydrogen-bond donors (Lipinski definition) is 1. The minimum absolute atomic E-state index is 0.217. The molecule has 1 saturated heterocycles. The zero-order valence-corrected chi connectivity index (χ0v) is 7.42. The summed E-state index contributed by atoms with van der Waals surface area (Å²) in [5, 5.41) is 0. The number of likely N-dealkylation sites (tertiary alicyclic amines) is 1. The zero-order valence-electron chi connectivity index (χ0n) is 7.42. The van der Waals surface area contributed by atoms with Crippen LogP contribution in [0.1, 0.15) is 13.8 Å². The Kier molecular flexibility index (Phi) is 3.30. The summed E-state index contributed by atoms with van der Waals surface area (Å²) < 4.78 is 5.48. The predicted molar refractivity (Wildman–Crippen MR) is 45.5 cm³/mol. The van der Waals surface area contributed by atoms with Gasteiger partial charge in [-0.25, -0.2) is 0 Å². The summed E-state index contributed by atoms with van der Waals surface area (Å²) in [6.07, 6.45) is 0.264. The summed E-state index contributed by atoms with van der Waals surface area (Å²) in [7, 11) is 0. The monoisotopic (exact) mass is 158 g/mol. The summed E-state index contributed by atoms with van der Waals surface area (Å²) >= 11 is 0. The van der Waals surface area contributed by atoms with E-state index in [4.69, 9.17) is 10.5 Å². The van der Waals surface area contributed by atoms with Crippen LogP contribution in [-0.4, -0.2) is 43.3 Å². The predicted octanol–water partition coefficient (Wildman–Crippen LogP) is 0.0543. The lowest BCUT2D eigenvalue weighted by Gasteiger charge is -2.13. The van der Waals surface area contributed by atoms with Crippen molar-refractivity contribution in [1.82, 2.24) is 4.90 Å². The van der Waals surface area contributed by atoms with Crippen LogP contribution in [0.25, 0.3) is 0 Å². The average molecular weight is 158 g/mol. The van der Waals surface area contributed by atoms with Gasteiger partial charge in [-0.05, 0) is 13.5 Å². The zero-order chi connectivity index (χ0) is 8.27. The molecule has 1 rings (SSSR count). The summed E-state index contributed by atoms with van der Waals surface area (Å²) in [4.78, 5) is 2.32. The molecule has 0 radical (unpaired) electrons. The van der Waals surface area contributed by atoms with Gasteiger partial charge >= 0.3 is 0 Å². The lowest BCUT2D eigenvalue weighted by molar-refractivity contribution is 0.0607. The van der Waals surface area contributed by atoms with Crippen molar-refractivity contribution < 1.29 is 4.74 Å². The summed E-state index contributed by atoms with van der Waals surface area (Å²) in [5.74, 6) is 0. The highest BCUT2D eigenvalue weighted by atomic mass is 16.5. The summed E-state index contributed by atoms with van der Waals surface area (Å²) in [6.45, 7) is 8.02. The van der Waals surface area contributed by atoms with E-state index in [9.17, 15) is 0 Å². The van der Waals surface area contributed by atoms with Crippen LogP contribution in [0.3, 0.4) is 0 Å². The summed E-state index contributed by atoms with van der Waals surface area (Å²) in [6, 6.07) is 0.217. The molecule has 1 heterocycles. The Bertz CT molecular complexity index is 119. The molecule has 2 atom stereocenters. The smallest absolute Gasteiger partial charge is 0.0864 e. The lowest BCUT2D eigenvalue weighted by atomic mass is 10.2.